The number of pyridine rings is 1. The number of ketones is 1. The normalized spacial score (nSPS) is 17.0. The van der Waals surface area contributed by atoms with E-state index in [-0.39, 0.29) is 18.3 Å². The topological polar surface area (TPSA) is 76.5 Å². The summed E-state index contributed by atoms with van der Waals surface area (Å²) in [5.41, 5.74) is -0.624. The molecule has 1 saturated carbocycles. The van der Waals surface area contributed by atoms with E-state index in [1.54, 1.807) is 48.7 Å². The van der Waals surface area contributed by atoms with Crippen LogP contribution in [-0.4, -0.2) is 27.9 Å². The van der Waals surface area contributed by atoms with Crippen molar-refractivity contribution in [3.63, 3.8) is 0 Å². The lowest BCUT2D eigenvalue weighted by Gasteiger charge is -2.36. The first kappa shape index (κ1) is 22.9. The number of nitrogens with zero attached hydrogens (tertiary/aromatic N) is 1. The number of carbonyl (C=O) groups is 2. The molecule has 0 spiro atoms. The monoisotopic (exact) mass is 443 g/mol. The molecule has 1 aliphatic carbocycles. The third-order valence-corrected chi connectivity index (χ3v) is 6.40. The number of rotatable bonds is 8. The van der Waals surface area contributed by atoms with Crippen molar-refractivity contribution in [1.29, 1.82) is 0 Å². The number of aromatic nitrogens is 1. The molecule has 0 radical (unpaired) electrons. The molecule has 1 aliphatic rings. The van der Waals surface area contributed by atoms with Crippen LogP contribution in [0.15, 0.2) is 85.1 Å². The molecule has 0 aliphatic heterocycles. The van der Waals surface area contributed by atoms with Gasteiger partial charge in [-0.3, -0.25) is 9.78 Å². The predicted molar refractivity (Wildman–Crippen MR) is 126 cm³/mol. The van der Waals surface area contributed by atoms with Gasteiger partial charge in [0.1, 0.15) is 11.8 Å². The van der Waals surface area contributed by atoms with Crippen LogP contribution < -0.4 is 0 Å². The van der Waals surface area contributed by atoms with E-state index in [9.17, 15) is 14.7 Å². The van der Waals surface area contributed by atoms with Gasteiger partial charge in [-0.15, -0.1) is 0 Å². The van der Waals surface area contributed by atoms with Gasteiger partial charge in [0.2, 0.25) is 0 Å². The lowest BCUT2D eigenvalue weighted by Crippen LogP contribution is -2.45. The summed E-state index contributed by atoms with van der Waals surface area (Å²) in [6, 6.07) is 23.1. The van der Waals surface area contributed by atoms with Crippen LogP contribution in [0.4, 0.5) is 0 Å². The predicted octanol–water partition coefficient (Wildman–Crippen LogP) is 5.20. The minimum absolute atomic E-state index is 0.0911. The molecule has 0 amide bonds. The van der Waals surface area contributed by atoms with E-state index in [2.05, 4.69) is 4.98 Å². The van der Waals surface area contributed by atoms with E-state index in [4.69, 9.17) is 4.74 Å². The molecule has 170 valence electrons. The third-order valence-electron chi connectivity index (χ3n) is 6.40. The molecule has 0 saturated heterocycles. The summed E-state index contributed by atoms with van der Waals surface area (Å²) >= 11 is 0. The molecule has 4 rings (SSSR count). The highest BCUT2D eigenvalue weighted by molar-refractivity contribution is 5.95. The molecule has 1 fully saturated rings. The Kier molecular flexibility index (Phi) is 7.30. The number of aliphatic hydroxyl groups is 1. The molecule has 3 aromatic rings. The molecule has 0 bridgehead atoms. The molecule has 2 atom stereocenters. The van der Waals surface area contributed by atoms with Gasteiger partial charge in [0.25, 0.3) is 0 Å². The van der Waals surface area contributed by atoms with Crippen LogP contribution in [0.3, 0.4) is 0 Å². The van der Waals surface area contributed by atoms with Crippen LogP contribution in [0.5, 0.6) is 0 Å². The molecule has 1 heterocycles. The molecular weight excluding hydrogens is 414 g/mol. The fourth-order valence-corrected chi connectivity index (χ4v) is 4.59. The maximum Gasteiger partial charge on any atom is 0.343 e. The summed E-state index contributed by atoms with van der Waals surface area (Å²) < 4.78 is 5.88. The summed E-state index contributed by atoms with van der Waals surface area (Å²) in [5, 5.41) is 12.1. The van der Waals surface area contributed by atoms with E-state index in [0.29, 0.717) is 16.8 Å². The first-order valence-electron chi connectivity index (χ1n) is 11.6. The van der Waals surface area contributed by atoms with E-state index in [1.165, 1.54) is 0 Å². The second-order valence-electron chi connectivity index (χ2n) is 8.60. The molecule has 1 N–H and O–H groups in total. The fraction of sp³-hybridized carbons (Fsp3) is 0.321. The summed E-state index contributed by atoms with van der Waals surface area (Å²) in [7, 11) is 0. The maximum atomic E-state index is 13.7. The number of hydrogen-bond donors (Lipinski definition) is 1. The summed E-state index contributed by atoms with van der Waals surface area (Å²) in [6.45, 7) is 0. The van der Waals surface area contributed by atoms with Crippen LogP contribution in [0.2, 0.25) is 0 Å². The Morgan fingerprint density at radius 1 is 0.909 bits per heavy atom. The van der Waals surface area contributed by atoms with Crippen molar-refractivity contribution in [2.45, 2.75) is 56.1 Å². The second-order valence-corrected chi connectivity index (χ2v) is 8.60. The smallest absolute Gasteiger partial charge is 0.343 e. The van der Waals surface area contributed by atoms with Gasteiger partial charge in [-0.05, 0) is 48.9 Å². The van der Waals surface area contributed by atoms with Gasteiger partial charge in [0, 0.05) is 18.5 Å². The van der Waals surface area contributed by atoms with E-state index in [0.717, 1.165) is 32.1 Å². The Morgan fingerprint density at radius 2 is 1.55 bits per heavy atom. The van der Waals surface area contributed by atoms with Gasteiger partial charge in [-0.25, -0.2) is 4.79 Å². The van der Waals surface area contributed by atoms with Crippen molar-refractivity contribution < 1.29 is 19.4 Å². The molecule has 33 heavy (non-hydrogen) atoms. The highest BCUT2D eigenvalue weighted by atomic mass is 16.6. The molecule has 5 heteroatoms. The van der Waals surface area contributed by atoms with Crippen molar-refractivity contribution in [3.05, 3.63) is 102 Å². The Hall–Kier alpha value is -3.31. The van der Waals surface area contributed by atoms with Crippen LogP contribution in [0, 0.1) is 0 Å². The second kappa shape index (κ2) is 10.5. The molecule has 1 aromatic heterocycles. The Balaban J connectivity index is 1.75. The minimum Gasteiger partial charge on any atom is -0.460 e. The average molecular weight is 444 g/mol. The van der Waals surface area contributed by atoms with Crippen molar-refractivity contribution in [1.82, 2.24) is 4.98 Å². The minimum atomic E-state index is -2.02. The van der Waals surface area contributed by atoms with Gasteiger partial charge in [-0.1, -0.05) is 73.2 Å². The van der Waals surface area contributed by atoms with Crippen LogP contribution in [-0.2, 0) is 15.1 Å². The first-order chi connectivity index (χ1) is 16.1. The molecule has 2 aromatic carbocycles. The highest BCUT2D eigenvalue weighted by Gasteiger charge is 2.49. The van der Waals surface area contributed by atoms with Gasteiger partial charge < -0.3 is 9.84 Å². The quantitative estimate of drug-likeness (QED) is 0.382. The molecule has 5 nitrogen and oxygen atoms in total. The lowest BCUT2D eigenvalue weighted by atomic mass is 9.74. The highest BCUT2D eigenvalue weighted by Crippen LogP contribution is 2.42. The summed E-state index contributed by atoms with van der Waals surface area (Å²) in [5.74, 6) is -1.79. The SMILES string of the molecule is O=C(C[C@@H](c1ccccc1)[C@](O)(C(=O)OC1CCCCC1)c1ccccc1)c1ccccn1. The lowest BCUT2D eigenvalue weighted by molar-refractivity contribution is -0.177. The number of ether oxygens (including phenoxy) is 1. The standard InChI is InChI=1S/C28H29NO4/c30-26(25-18-10-11-19-29-25)20-24(21-12-4-1-5-13-21)28(32,22-14-6-2-7-15-22)27(31)33-23-16-8-3-9-17-23/h1-2,4-7,10-15,18-19,23-24,32H,3,8-9,16-17,20H2/t24-,28-/m0/s1. The van der Waals surface area contributed by atoms with Crippen LogP contribution >= 0.6 is 0 Å². The van der Waals surface area contributed by atoms with E-state index >= 15 is 0 Å². The van der Waals surface area contributed by atoms with E-state index in [1.807, 2.05) is 36.4 Å². The van der Waals surface area contributed by atoms with Crippen molar-refractivity contribution in [2.75, 3.05) is 0 Å². The first-order valence-corrected chi connectivity index (χ1v) is 11.6. The molecule has 0 unspecified atom stereocenters. The Labute approximate surface area is 194 Å². The zero-order valence-corrected chi connectivity index (χ0v) is 18.6. The van der Waals surface area contributed by atoms with Crippen molar-refractivity contribution >= 4 is 11.8 Å². The number of benzene rings is 2. The van der Waals surface area contributed by atoms with Gasteiger partial charge in [-0.2, -0.15) is 0 Å². The Morgan fingerprint density at radius 3 is 2.18 bits per heavy atom. The zero-order chi connectivity index (χ0) is 23.1. The summed E-state index contributed by atoms with van der Waals surface area (Å²) in [6.07, 6.45) is 5.97. The number of carbonyl (C=O) groups excluding carboxylic acids is 2. The molecular formula is C28H29NO4. The van der Waals surface area contributed by atoms with E-state index < -0.39 is 17.5 Å². The van der Waals surface area contributed by atoms with Crippen molar-refractivity contribution in [2.24, 2.45) is 0 Å². The maximum absolute atomic E-state index is 13.7. The number of hydrogen-bond acceptors (Lipinski definition) is 5. The number of esters is 1. The van der Waals surface area contributed by atoms with Gasteiger partial charge >= 0.3 is 5.97 Å². The van der Waals surface area contributed by atoms with Crippen LogP contribution in [0.25, 0.3) is 0 Å². The fourth-order valence-electron chi connectivity index (χ4n) is 4.59. The third kappa shape index (κ3) is 5.20. The zero-order valence-electron chi connectivity index (χ0n) is 18.6. The summed E-state index contributed by atoms with van der Waals surface area (Å²) in [4.78, 5) is 31.0. The van der Waals surface area contributed by atoms with Gasteiger partial charge in [0.15, 0.2) is 11.4 Å². The van der Waals surface area contributed by atoms with Gasteiger partial charge in [0.05, 0.1) is 0 Å². The van der Waals surface area contributed by atoms with Crippen LogP contribution in [0.1, 0.15) is 66.1 Å². The average Bonchev–Trinajstić information content (AvgIpc) is 2.89. The number of Topliss-reactive ketones (excluding diaryl/α,β-unsaturated/α-hetero) is 1. The Bertz CT molecular complexity index is 1050. The largest absolute Gasteiger partial charge is 0.460 e. The van der Waals surface area contributed by atoms with Crippen molar-refractivity contribution in [3.8, 4) is 0 Å².